The van der Waals surface area contributed by atoms with E-state index in [9.17, 15) is 9.59 Å². The molecule has 0 saturated carbocycles. The lowest BCUT2D eigenvalue weighted by atomic mass is 10.1. The number of halogens is 1. The first-order chi connectivity index (χ1) is 9.38. The first kappa shape index (κ1) is 16.5. The van der Waals surface area contributed by atoms with Crippen molar-refractivity contribution in [3.63, 3.8) is 0 Å². The molecule has 6 heteroatoms. The van der Waals surface area contributed by atoms with Gasteiger partial charge in [-0.15, -0.1) is 0 Å². The molecule has 3 N–H and O–H groups in total. The van der Waals surface area contributed by atoms with Gasteiger partial charge in [0, 0.05) is 17.4 Å². The molecular weight excluding hydrogens is 324 g/mol. The molecule has 20 heavy (non-hydrogen) atoms. The van der Waals surface area contributed by atoms with E-state index in [0.717, 1.165) is 10.0 Å². The summed E-state index contributed by atoms with van der Waals surface area (Å²) in [5.41, 5.74) is 1.80. The van der Waals surface area contributed by atoms with Crippen LogP contribution in [0.1, 0.15) is 25.3 Å². The second-order valence-electron chi connectivity index (χ2n) is 4.86. The van der Waals surface area contributed by atoms with Crippen molar-refractivity contribution in [1.29, 1.82) is 0 Å². The standard InChI is InChI=1S/C14H19BrN2O3/c1-9-3-5-12(11(15)7-9)17-14(20)16-8-10(2)4-6-13(18)19/h3,5,7,10H,4,6,8H2,1-2H3,(H,18,19)(H2,16,17,20). The van der Waals surface area contributed by atoms with Crippen molar-refractivity contribution < 1.29 is 14.7 Å². The highest BCUT2D eigenvalue weighted by Gasteiger charge is 2.09. The van der Waals surface area contributed by atoms with Gasteiger partial charge in [0.2, 0.25) is 0 Å². The maximum atomic E-state index is 11.7. The van der Waals surface area contributed by atoms with Crippen molar-refractivity contribution in [3.8, 4) is 0 Å². The number of benzene rings is 1. The van der Waals surface area contributed by atoms with Crippen molar-refractivity contribution in [1.82, 2.24) is 5.32 Å². The number of amides is 2. The second kappa shape index (κ2) is 7.89. The molecule has 0 spiro atoms. The van der Waals surface area contributed by atoms with Crippen LogP contribution >= 0.6 is 15.9 Å². The van der Waals surface area contributed by atoms with E-state index in [-0.39, 0.29) is 18.4 Å². The molecule has 0 aliphatic heterocycles. The maximum absolute atomic E-state index is 11.7. The molecule has 1 aromatic rings. The van der Waals surface area contributed by atoms with Crippen LogP contribution in [0.15, 0.2) is 22.7 Å². The van der Waals surface area contributed by atoms with E-state index in [4.69, 9.17) is 5.11 Å². The topological polar surface area (TPSA) is 78.4 Å². The summed E-state index contributed by atoms with van der Waals surface area (Å²) < 4.78 is 0.826. The zero-order chi connectivity index (χ0) is 15.1. The van der Waals surface area contributed by atoms with Crippen LogP contribution in [0.2, 0.25) is 0 Å². The number of nitrogens with one attached hydrogen (secondary N) is 2. The minimum absolute atomic E-state index is 0.119. The van der Waals surface area contributed by atoms with E-state index in [1.54, 1.807) is 0 Å². The van der Waals surface area contributed by atoms with Crippen LogP contribution in [0, 0.1) is 12.8 Å². The molecule has 0 bridgehead atoms. The normalized spacial score (nSPS) is 11.8. The lowest BCUT2D eigenvalue weighted by Crippen LogP contribution is -2.32. The largest absolute Gasteiger partial charge is 0.481 e. The Morgan fingerprint density at radius 2 is 2.10 bits per heavy atom. The van der Waals surface area contributed by atoms with Crippen LogP contribution in [0.25, 0.3) is 0 Å². The van der Waals surface area contributed by atoms with Gasteiger partial charge in [-0.1, -0.05) is 13.0 Å². The Kier molecular flexibility index (Phi) is 6.51. The minimum Gasteiger partial charge on any atom is -0.481 e. The number of aryl methyl sites for hydroxylation is 1. The molecule has 1 unspecified atom stereocenters. The highest BCUT2D eigenvalue weighted by Crippen LogP contribution is 2.23. The molecule has 1 atom stereocenters. The van der Waals surface area contributed by atoms with Gasteiger partial charge < -0.3 is 15.7 Å². The van der Waals surface area contributed by atoms with E-state index in [2.05, 4.69) is 26.6 Å². The molecule has 1 rings (SSSR count). The van der Waals surface area contributed by atoms with Gasteiger partial charge in [-0.2, -0.15) is 0 Å². The predicted molar refractivity (Wildman–Crippen MR) is 81.9 cm³/mol. The van der Waals surface area contributed by atoms with Crippen LogP contribution < -0.4 is 10.6 Å². The Bertz CT molecular complexity index is 491. The number of urea groups is 1. The molecule has 0 aliphatic rings. The van der Waals surface area contributed by atoms with Gasteiger partial charge in [0.25, 0.3) is 0 Å². The molecule has 5 nitrogen and oxygen atoms in total. The van der Waals surface area contributed by atoms with Crippen molar-refractivity contribution in [2.75, 3.05) is 11.9 Å². The highest BCUT2D eigenvalue weighted by atomic mass is 79.9. The highest BCUT2D eigenvalue weighted by molar-refractivity contribution is 9.10. The molecule has 0 heterocycles. The molecular formula is C14H19BrN2O3. The molecule has 0 aliphatic carbocycles. The predicted octanol–water partition coefficient (Wildman–Crippen LogP) is 3.38. The van der Waals surface area contributed by atoms with Gasteiger partial charge in [-0.05, 0) is 52.9 Å². The molecule has 0 aromatic heterocycles. The third kappa shape index (κ3) is 6.06. The summed E-state index contributed by atoms with van der Waals surface area (Å²) in [6.45, 7) is 4.33. The fourth-order valence-corrected chi connectivity index (χ4v) is 2.22. The van der Waals surface area contributed by atoms with Gasteiger partial charge in [0.1, 0.15) is 0 Å². The van der Waals surface area contributed by atoms with E-state index in [1.165, 1.54) is 0 Å². The number of carbonyl (C=O) groups is 2. The van der Waals surface area contributed by atoms with E-state index < -0.39 is 5.97 Å². The van der Waals surface area contributed by atoms with Gasteiger partial charge in [-0.25, -0.2) is 4.79 Å². The van der Waals surface area contributed by atoms with E-state index >= 15 is 0 Å². The Hall–Kier alpha value is -1.56. The summed E-state index contributed by atoms with van der Waals surface area (Å²) in [4.78, 5) is 22.2. The lowest BCUT2D eigenvalue weighted by Gasteiger charge is -2.13. The summed E-state index contributed by atoms with van der Waals surface area (Å²) in [5.74, 6) is -0.691. The van der Waals surface area contributed by atoms with Crippen molar-refractivity contribution >= 4 is 33.6 Å². The van der Waals surface area contributed by atoms with E-state index in [0.29, 0.717) is 18.7 Å². The number of hydrogen-bond donors (Lipinski definition) is 3. The van der Waals surface area contributed by atoms with Crippen LogP contribution in [0.3, 0.4) is 0 Å². The fraction of sp³-hybridized carbons (Fsp3) is 0.429. The third-order valence-electron chi connectivity index (χ3n) is 2.83. The van der Waals surface area contributed by atoms with Crippen LogP contribution in [0.5, 0.6) is 0 Å². The summed E-state index contributed by atoms with van der Waals surface area (Å²) in [5, 5.41) is 14.1. The fourth-order valence-electron chi connectivity index (χ4n) is 1.63. The summed E-state index contributed by atoms with van der Waals surface area (Å²) in [7, 11) is 0. The maximum Gasteiger partial charge on any atom is 0.319 e. The number of anilines is 1. The summed E-state index contributed by atoms with van der Waals surface area (Å²) in [6.07, 6.45) is 0.664. The van der Waals surface area contributed by atoms with Crippen LogP contribution in [-0.4, -0.2) is 23.7 Å². The average molecular weight is 343 g/mol. The quantitative estimate of drug-likeness (QED) is 0.741. The summed E-state index contributed by atoms with van der Waals surface area (Å²) >= 11 is 3.39. The molecule has 110 valence electrons. The number of aliphatic carboxylic acids is 1. The van der Waals surface area contributed by atoms with Gasteiger partial charge in [-0.3, -0.25) is 4.79 Å². The SMILES string of the molecule is Cc1ccc(NC(=O)NCC(C)CCC(=O)O)c(Br)c1. The van der Waals surface area contributed by atoms with Crippen molar-refractivity contribution in [2.24, 2.45) is 5.92 Å². The van der Waals surface area contributed by atoms with Gasteiger partial charge in [0.15, 0.2) is 0 Å². The molecule has 0 fully saturated rings. The van der Waals surface area contributed by atoms with Gasteiger partial charge in [0.05, 0.1) is 5.69 Å². The number of rotatable bonds is 6. The number of carboxylic acids is 1. The minimum atomic E-state index is -0.815. The molecule has 1 aromatic carbocycles. The van der Waals surface area contributed by atoms with Crippen molar-refractivity contribution in [3.05, 3.63) is 28.2 Å². The summed E-state index contributed by atoms with van der Waals surface area (Å²) in [6, 6.07) is 5.37. The molecule has 0 radical (unpaired) electrons. The third-order valence-corrected chi connectivity index (χ3v) is 3.49. The number of hydrogen-bond acceptors (Lipinski definition) is 2. The molecule has 0 saturated heterocycles. The second-order valence-corrected chi connectivity index (χ2v) is 5.71. The zero-order valence-corrected chi connectivity index (χ0v) is 13.2. The number of carboxylic acid groups (broad SMARTS) is 1. The van der Waals surface area contributed by atoms with Crippen molar-refractivity contribution in [2.45, 2.75) is 26.7 Å². The Balaban J connectivity index is 2.38. The number of carbonyl (C=O) groups excluding carboxylic acids is 1. The van der Waals surface area contributed by atoms with Gasteiger partial charge >= 0.3 is 12.0 Å². The first-order valence-electron chi connectivity index (χ1n) is 6.41. The Labute approximate surface area is 126 Å². The monoisotopic (exact) mass is 342 g/mol. The zero-order valence-electron chi connectivity index (χ0n) is 11.6. The first-order valence-corrected chi connectivity index (χ1v) is 7.20. The van der Waals surface area contributed by atoms with E-state index in [1.807, 2.05) is 32.0 Å². The Morgan fingerprint density at radius 1 is 1.40 bits per heavy atom. The average Bonchev–Trinajstić information content (AvgIpc) is 2.37. The van der Waals surface area contributed by atoms with Crippen LogP contribution in [-0.2, 0) is 4.79 Å². The Morgan fingerprint density at radius 3 is 2.70 bits per heavy atom. The van der Waals surface area contributed by atoms with Crippen LogP contribution in [0.4, 0.5) is 10.5 Å². The smallest absolute Gasteiger partial charge is 0.319 e. The molecule has 2 amide bonds. The lowest BCUT2D eigenvalue weighted by molar-refractivity contribution is -0.137.